The molecule has 0 saturated heterocycles. The van der Waals surface area contributed by atoms with E-state index in [0.717, 1.165) is 5.56 Å². The van der Waals surface area contributed by atoms with Crippen molar-refractivity contribution in [2.75, 3.05) is 32.6 Å². The summed E-state index contributed by atoms with van der Waals surface area (Å²) in [6, 6.07) is 14.2. The maximum absolute atomic E-state index is 12.4. The molecule has 2 rings (SSSR count). The molecule has 2 N–H and O–H groups in total. The molecule has 0 spiro atoms. The fraction of sp³-hybridized carbons (Fsp3) is 0.409. The van der Waals surface area contributed by atoms with Gasteiger partial charge in [0, 0.05) is 13.6 Å². The summed E-state index contributed by atoms with van der Waals surface area (Å²) in [6.45, 7) is 7.22. The fourth-order valence-corrected chi connectivity index (χ4v) is 4.05. The molecule has 1 unspecified atom stereocenters. The third-order valence-corrected chi connectivity index (χ3v) is 6.14. The zero-order chi connectivity index (χ0) is 22.0. The summed E-state index contributed by atoms with van der Waals surface area (Å²) >= 11 is 0. The lowest BCUT2D eigenvalue weighted by atomic mass is 10.1. The highest BCUT2D eigenvalue weighted by atomic mass is 127. The number of rotatable bonds is 10. The van der Waals surface area contributed by atoms with E-state index in [0.29, 0.717) is 35.6 Å². The second kappa shape index (κ2) is 13.4. The first kappa shape index (κ1) is 27.0. The topological polar surface area (TPSA) is 89.0 Å². The van der Waals surface area contributed by atoms with Gasteiger partial charge in [-0.15, -0.1) is 24.0 Å². The smallest absolute Gasteiger partial charge is 0.191 e. The average Bonchev–Trinajstić information content (AvgIpc) is 2.75. The Morgan fingerprint density at radius 1 is 1.03 bits per heavy atom. The van der Waals surface area contributed by atoms with Crippen molar-refractivity contribution in [1.29, 1.82) is 0 Å². The molecule has 2 aromatic carbocycles. The van der Waals surface area contributed by atoms with Gasteiger partial charge in [-0.05, 0) is 50.6 Å². The molecule has 0 bridgehead atoms. The molecule has 2 aromatic rings. The Morgan fingerprint density at radius 3 is 2.29 bits per heavy atom. The predicted octanol–water partition coefficient (Wildman–Crippen LogP) is 3.80. The van der Waals surface area contributed by atoms with Crippen LogP contribution in [0.4, 0.5) is 0 Å². The Labute approximate surface area is 202 Å². The van der Waals surface area contributed by atoms with Gasteiger partial charge in [-0.2, -0.15) is 0 Å². The molecule has 0 saturated carbocycles. The highest BCUT2D eigenvalue weighted by molar-refractivity contribution is 14.0. The van der Waals surface area contributed by atoms with Gasteiger partial charge in [0.1, 0.15) is 0 Å². The number of aliphatic imine (C=N–C) groups is 1. The Balaban J connectivity index is 0.00000480. The second-order valence-electron chi connectivity index (χ2n) is 6.57. The first-order valence-corrected chi connectivity index (χ1v) is 11.7. The number of halogens is 1. The lowest BCUT2D eigenvalue weighted by Crippen LogP contribution is -2.40. The molecule has 9 heteroatoms. The third-order valence-electron chi connectivity index (χ3n) is 4.41. The zero-order valence-electron chi connectivity index (χ0n) is 18.4. The molecule has 0 fully saturated rings. The summed E-state index contributed by atoms with van der Waals surface area (Å²) in [4.78, 5) is 4.52. The Morgan fingerprint density at radius 2 is 1.68 bits per heavy atom. The average molecular weight is 561 g/mol. The molecule has 0 aromatic heterocycles. The van der Waals surface area contributed by atoms with Gasteiger partial charge in [0.2, 0.25) is 0 Å². The molecule has 0 aliphatic heterocycles. The number of sulfone groups is 1. The van der Waals surface area contributed by atoms with Crippen LogP contribution in [0.2, 0.25) is 0 Å². The zero-order valence-corrected chi connectivity index (χ0v) is 21.6. The monoisotopic (exact) mass is 561 g/mol. The van der Waals surface area contributed by atoms with Crippen LogP contribution in [0.25, 0.3) is 0 Å². The minimum absolute atomic E-state index is 0. The minimum atomic E-state index is -3.34. The normalized spacial score (nSPS) is 12.5. The Kier molecular flexibility index (Phi) is 11.7. The molecule has 172 valence electrons. The van der Waals surface area contributed by atoms with E-state index in [1.54, 1.807) is 37.4 Å². The van der Waals surface area contributed by atoms with E-state index < -0.39 is 9.84 Å². The van der Waals surface area contributed by atoms with E-state index in [2.05, 4.69) is 15.6 Å². The second-order valence-corrected chi connectivity index (χ2v) is 8.68. The number of guanidine groups is 1. The summed E-state index contributed by atoms with van der Waals surface area (Å²) in [6.07, 6.45) is 0. The van der Waals surface area contributed by atoms with Crippen LogP contribution in [0.5, 0.6) is 11.5 Å². The summed E-state index contributed by atoms with van der Waals surface area (Å²) in [5.41, 5.74) is 1.00. The van der Waals surface area contributed by atoms with Crippen molar-refractivity contribution in [2.45, 2.75) is 31.7 Å². The molecular formula is C22H32IN3O4S. The Bertz CT molecular complexity index is 937. The van der Waals surface area contributed by atoms with E-state index >= 15 is 0 Å². The largest absolute Gasteiger partial charge is 0.490 e. The maximum Gasteiger partial charge on any atom is 0.191 e. The van der Waals surface area contributed by atoms with Gasteiger partial charge in [-0.25, -0.2) is 8.42 Å². The number of nitrogens with one attached hydrogen (secondary N) is 2. The van der Waals surface area contributed by atoms with E-state index in [1.165, 1.54) is 0 Å². The minimum Gasteiger partial charge on any atom is -0.490 e. The fourth-order valence-electron chi connectivity index (χ4n) is 2.87. The van der Waals surface area contributed by atoms with Crippen LogP contribution < -0.4 is 20.1 Å². The SMILES string of the molecule is CCOc1ccc(C(C)NC(=NC)NCCS(=O)(=O)c2ccccc2)cc1OCC.I. The van der Waals surface area contributed by atoms with Gasteiger partial charge in [0.05, 0.1) is 29.9 Å². The summed E-state index contributed by atoms with van der Waals surface area (Å²) in [5.74, 6) is 1.91. The first-order valence-electron chi connectivity index (χ1n) is 10.1. The van der Waals surface area contributed by atoms with Gasteiger partial charge in [-0.3, -0.25) is 4.99 Å². The van der Waals surface area contributed by atoms with E-state index in [9.17, 15) is 8.42 Å². The van der Waals surface area contributed by atoms with Crippen LogP contribution in [0.15, 0.2) is 58.4 Å². The maximum atomic E-state index is 12.4. The molecule has 0 amide bonds. The number of benzene rings is 2. The first-order chi connectivity index (χ1) is 14.4. The lowest BCUT2D eigenvalue weighted by molar-refractivity contribution is 0.287. The van der Waals surface area contributed by atoms with Crippen molar-refractivity contribution in [3.63, 3.8) is 0 Å². The van der Waals surface area contributed by atoms with Crippen molar-refractivity contribution in [3.05, 3.63) is 54.1 Å². The highest BCUT2D eigenvalue weighted by Crippen LogP contribution is 2.30. The third kappa shape index (κ3) is 8.21. The number of ether oxygens (including phenoxy) is 2. The van der Waals surface area contributed by atoms with Crippen molar-refractivity contribution < 1.29 is 17.9 Å². The number of hydrogen-bond donors (Lipinski definition) is 2. The van der Waals surface area contributed by atoms with Crippen molar-refractivity contribution >= 4 is 39.8 Å². The van der Waals surface area contributed by atoms with Crippen molar-refractivity contribution in [3.8, 4) is 11.5 Å². The van der Waals surface area contributed by atoms with Crippen LogP contribution in [-0.4, -0.2) is 46.9 Å². The van der Waals surface area contributed by atoms with Crippen molar-refractivity contribution in [2.24, 2.45) is 4.99 Å². The Hall–Kier alpha value is -2.01. The summed E-state index contributed by atoms with van der Waals surface area (Å²) in [7, 11) is -1.69. The molecular weight excluding hydrogens is 529 g/mol. The molecule has 0 aliphatic rings. The standard InChI is InChI=1S/C22H31N3O4S.HI/c1-5-28-20-13-12-18(16-21(20)29-6-2)17(3)25-22(23-4)24-14-15-30(26,27)19-10-8-7-9-11-19;/h7-13,16-17H,5-6,14-15H2,1-4H3,(H2,23,24,25);1H. The molecule has 7 nitrogen and oxygen atoms in total. The number of hydrogen-bond acceptors (Lipinski definition) is 5. The lowest BCUT2D eigenvalue weighted by Gasteiger charge is -2.20. The predicted molar refractivity (Wildman–Crippen MR) is 136 cm³/mol. The van der Waals surface area contributed by atoms with Gasteiger partial charge in [-0.1, -0.05) is 24.3 Å². The van der Waals surface area contributed by atoms with Crippen LogP contribution in [0, 0.1) is 0 Å². The number of nitrogens with zero attached hydrogens (tertiary/aromatic N) is 1. The van der Waals surface area contributed by atoms with Gasteiger partial charge in [0.25, 0.3) is 0 Å². The van der Waals surface area contributed by atoms with Gasteiger partial charge >= 0.3 is 0 Å². The van der Waals surface area contributed by atoms with Gasteiger partial charge < -0.3 is 20.1 Å². The molecule has 31 heavy (non-hydrogen) atoms. The van der Waals surface area contributed by atoms with Crippen LogP contribution in [0.3, 0.4) is 0 Å². The molecule has 0 heterocycles. The summed E-state index contributed by atoms with van der Waals surface area (Å²) < 4.78 is 36.1. The molecule has 0 radical (unpaired) electrons. The summed E-state index contributed by atoms with van der Waals surface area (Å²) in [5, 5.41) is 6.35. The van der Waals surface area contributed by atoms with Crippen LogP contribution in [-0.2, 0) is 9.84 Å². The molecule has 1 atom stereocenters. The van der Waals surface area contributed by atoms with E-state index in [4.69, 9.17) is 9.47 Å². The van der Waals surface area contributed by atoms with Crippen LogP contribution in [0.1, 0.15) is 32.4 Å². The van der Waals surface area contributed by atoms with Gasteiger partial charge in [0.15, 0.2) is 27.3 Å². The van der Waals surface area contributed by atoms with E-state index in [1.807, 2.05) is 39.0 Å². The van der Waals surface area contributed by atoms with E-state index in [-0.39, 0.29) is 42.3 Å². The molecule has 0 aliphatic carbocycles. The highest BCUT2D eigenvalue weighted by Gasteiger charge is 2.15. The van der Waals surface area contributed by atoms with Crippen LogP contribution >= 0.6 is 24.0 Å². The van der Waals surface area contributed by atoms with Crippen molar-refractivity contribution in [1.82, 2.24) is 10.6 Å². The quantitative estimate of drug-likeness (QED) is 0.261.